The van der Waals surface area contributed by atoms with Gasteiger partial charge in [0.15, 0.2) is 0 Å². The first-order chi connectivity index (χ1) is 15.5. The molecule has 12 heteroatoms. The molecule has 1 amide bonds. The topological polar surface area (TPSA) is 70.1 Å². The third kappa shape index (κ3) is 5.48. The summed E-state index contributed by atoms with van der Waals surface area (Å²) in [4.78, 5) is 22.3. The van der Waals surface area contributed by atoms with Crippen LogP contribution in [-0.4, -0.2) is 58.7 Å². The van der Waals surface area contributed by atoms with Crippen molar-refractivity contribution in [2.45, 2.75) is 50.1 Å². The fraction of sp³-hybridized carbons (Fsp3) is 0.571. The molecule has 0 atom stereocenters. The highest BCUT2D eigenvalue weighted by Crippen LogP contribution is 2.39. The highest BCUT2D eigenvalue weighted by molar-refractivity contribution is 5.91. The molecule has 2 aromatic rings. The third-order valence-corrected chi connectivity index (χ3v) is 6.33. The highest BCUT2D eigenvalue weighted by atomic mass is 19.4. The molecule has 6 nitrogen and oxygen atoms in total. The second-order valence-corrected chi connectivity index (χ2v) is 8.57. The van der Waals surface area contributed by atoms with Crippen molar-refractivity contribution in [1.29, 1.82) is 0 Å². The summed E-state index contributed by atoms with van der Waals surface area (Å²) in [6, 6.07) is 3.11. The van der Waals surface area contributed by atoms with Gasteiger partial charge in [0.25, 0.3) is 0 Å². The normalized spacial score (nSPS) is 22.7. The number of rotatable bonds is 5. The molecule has 2 N–H and O–H groups in total. The fourth-order valence-corrected chi connectivity index (χ4v) is 4.49. The maximum atomic E-state index is 13.0. The van der Waals surface area contributed by atoms with Crippen LogP contribution in [-0.2, 0) is 11.0 Å². The molecule has 2 heterocycles. The van der Waals surface area contributed by atoms with Gasteiger partial charge in [0.05, 0.1) is 29.6 Å². The maximum Gasteiger partial charge on any atom is 0.416 e. The largest absolute Gasteiger partial charge is 0.416 e. The van der Waals surface area contributed by atoms with Crippen LogP contribution in [0.15, 0.2) is 24.5 Å². The molecule has 1 aromatic carbocycles. The zero-order chi connectivity index (χ0) is 23.8. The number of halogens is 6. The van der Waals surface area contributed by atoms with Crippen molar-refractivity contribution in [1.82, 2.24) is 20.2 Å². The first-order valence-electron chi connectivity index (χ1n) is 10.7. The van der Waals surface area contributed by atoms with Crippen LogP contribution in [0.4, 0.5) is 32.2 Å². The van der Waals surface area contributed by atoms with E-state index in [0.717, 1.165) is 12.1 Å². The monoisotopic (exact) mass is 475 g/mol. The van der Waals surface area contributed by atoms with Crippen LogP contribution in [0.5, 0.6) is 0 Å². The van der Waals surface area contributed by atoms with Crippen molar-refractivity contribution in [2.24, 2.45) is 5.92 Å². The quantitative estimate of drug-likeness (QED) is 0.641. The zero-order valence-corrected chi connectivity index (χ0v) is 17.5. The second-order valence-electron chi connectivity index (χ2n) is 8.57. The van der Waals surface area contributed by atoms with Crippen molar-refractivity contribution in [2.75, 3.05) is 25.0 Å². The van der Waals surface area contributed by atoms with E-state index in [9.17, 15) is 31.1 Å². The van der Waals surface area contributed by atoms with Crippen LogP contribution in [0, 0.1) is 5.92 Å². The van der Waals surface area contributed by atoms with Gasteiger partial charge in [-0.05, 0) is 43.9 Å². The van der Waals surface area contributed by atoms with Gasteiger partial charge < -0.3 is 10.6 Å². The summed E-state index contributed by atoms with van der Waals surface area (Å²) < 4.78 is 77.4. The Labute approximate surface area is 185 Å². The van der Waals surface area contributed by atoms with Crippen LogP contribution in [0.1, 0.15) is 31.2 Å². The lowest BCUT2D eigenvalue weighted by Gasteiger charge is -2.46. The number of nitrogens with zero attached hydrogens (tertiary/aromatic N) is 3. The minimum Gasteiger partial charge on any atom is -0.360 e. The summed E-state index contributed by atoms with van der Waals surface area (Å²) in [7, 11) is 0. The average molecular weight is 475 g/mol. The van der Waals surface area contributed by atoms with Gasteiger partial charge in [-0.25, -0.2) is 9.97 Å². The molecular formula is C21H23F6N5O. The number of hydrogen-bond donors (Lipinski definition) is 2. The molecule has 1 saturated heterocycles. The summed E-state index contributed by atoms with van der Waals surface area (Å²) >= 11 is 0. The highest BCUT2D eigenvalue weighted by Gasteiger charge is 2.43. The van der Waals surface area contributed by atoms with Crippen molar-refractivity contribution >= 4 is 22.6 Å². The number of alkyl halides is 6. The summed E-state index contributed by atoms with van der Waals surface area (Å²) in [5, 5.41) is 5.75. The Morgan fingerprint density at radius 3 is 2.36 bits per heavy atom. The van der Waals surface area contributed by atoms with Gasteiger partial charge in [-0.3, -0.25) is 9.69 Å². The van der Waals surface area contributed by atoms with Gasteiger partial charge in [0, 0.05) is 24.5 Å². The molecule has 1 aliphatic carbocycles. The molecule has 1 aliphatic heterocycles. The second kappa shape index (κ2) is 8.96. The number of aromatic nitrogens is 2. The Morgan fingerprint density at radius 2 is 1.73 bits per heavy atom. The van der Waals surface area contributed by atoms with Crippen molar-refractivity contribution in [3.63, 3.8) is 0 Å². The number of carbonyl (C=O) groups excluding carboxylic acids is 1. The lowest BCUT2D eigenvalue weighted by molar-refractivity contribution is -0.185. The van der Waals surface area contributed by atoms with Gasteiger partial charge >= 0.3 is 12.4 Å². The third-order valence-electron chi connectivity index (χ3n) is 6.33. The number of nitrogens with one attached hydrogen (secondary N) is 2. The molecule has 180 valence electrons. The molecule has 0 spiro atoms. The summed E-state index contributed by atoms with van der Waals surface area (Å²) in [6.45, 7) is 0.951. The number of fused-ring (bicyclic) bond motifs is 1. The molecule has 4 rings (SSSR count). The molecule has 0 unspecified atom stereocenters. The molecule has 1 aromatic heterocycles. The van der Waals surface area contributed by atoms with Gasteiger partial charge in [0.1, 0.15) is 12.1 Å². The summed E-state index contributed by atoms with van der Waals surface area (Å²) in [5.41, 5.74) is -0.521. The van der Waals surface area contributed by atoms with E-state index < -0.39 is 23.8 Å². The Hall–Kier alpha value is -2.63. The molecule has 0 radical (unpaired) electrons. The number of carbonyl (C=O) groups is 1. The van der Waals surface area contributed by atoms with Crippen LogP contribution in [0.25, 0.3) is 10.9 Å². The van der Waals surface area contributed by atoms with E-state index >= 15 is 0 Å². The van der Waals surface area contributed by atoms with Crippen LogP contribution in [0.3, 0.4) is 0 Å². The Bertz CT molecular complexity index is 997. The first-order valence-corrected chi connectivity index (χ1v) is 10.7. The Kier molecular flexibility index (Phi) is 6.39. The van der Waals surface area contributed by atoms with E-state index in [-0.39, 0.29) is 48.6 Å². The Morgan fingerprint density at radius 1 is 1.03 bits per heavy atom. The van der Waals surface area contributed by atoms with Crippen LogP contribution in [0.2, 0.25) is 0 Å². The minimum atomic E-state index is -4.51. The lowest BCUT2D eigenvalue weighted by Crippen LogP contribution is -2.63. The van der Waals surface area contributed by atoms with E-state index in [0.29, 0.717) is 31.4 Å². The van der Waals surface area contributed by atoms with Crippen molar-refractivity contribution in [3.8, 4) is 0 Å². The smallest absolute Gasteiger partial charge is 0.360 e. The van der Waals surface area contributed by atoms with E-state index in [2.05, 4.69) is 25.5 Å². The zero-order valence-electron chi connectivity index (χ0n) is 17.5. The predicted molar refractivity (Wildman–Crippen MR) is 108 cm³/mol. The van der Waals surface area contributed by atoms with Gasteiger partial charge in [-0.2, -0.15) is 26.3 Å². The van der Waals surface area contributed by atoms with Gasteiger partial charge in [-0.1, -0.05) is 0 Å². The van der Waals surface area contributed by atoms with Gasteiger partial charge in [-0.15, -0.1) is 0 Å². The maximum absolute atomic E-state index is 13.0. The van der Waals surface area contributed by atoms with E-state index in [1.807, 2.05) is 0 Å². The number of amides is 1. The summed E-state index contributed by atoms with van der Waals surface area (Å²) in [5.74, 6) is -1.45. The van der Waals surface area contributed by atoms with Crippen molar-refractivity contribution in [3.05, 3.63) is 30.1 Å². The number of hydrogen-bond acceptors (Lipinski definition) is 5. The van der Waals surface area contributed by atoms with Crippen LogP contribution < -0.4 is 10.6 Å². The molecule has 2 fully saturated rings. The number of anilines is 1. The van der Waals surface area contributed by atoms with Crippen molar-refractivity contribution < 1.29 is 31.1 Å². The van der Waals surface area contributed by atoms with Crippen LogP contribution >= 0.6 is 0 Å². The molecule has 33 heavy (non-hydrogen) atoms. The average Bonchev–Trinajstić information content (AvgIpc) is 2.73. The van der Waals surface area contributed by atoms with E-state index in [4.69, 9.17) is 0 Å². The standard InChI is InChI=1S/C21H23F6N5O/c22-20(23,24)12-1-4-15(5-2-12)32-9-14(10-32)31-18(33)8-28-19-16-7-13(21(25,26)27)3-6-17(16)29-11-30-19/h3,6-7,11-12,14-15H,1-2,4-5,8-10H2,(H,31,33)(H,28,29,30). The molecule has 0 bridgehead atoms. The Balaban J connectivity index is 1.25. The number of benzene rings is 1. The summed E-state index contributed by atoms with van der Waals surface area (Å²) in [6.07, 6.45) is -6.19. The lowest BCUT2D eigenvalue weighted by atomic mass is 9.83. The SMILES string of the molecule is O=C(CNc1ncnc2ccc(C(F)(F)F)cc12)NC1CN(C2CCC(C(F)(F)F)CC2)C1. The van der Waals surface area contributed by atoms with Gasteiger partial charge in [0.2, 0.25) is 5.91 Å². The van der Waals surface area contributed by atoms with E-state index in [1.165, 1.54) is 12.4 Å². The first kappa shape index (κ1) is 23.5. The minimum absolute atomic E-state index is 0.102. The number of likely N-dealkylation sites (tertiary alicyclic amines) is 1. The molecule has 2 aliphatic rings. The molecular weight excluding hydrogens is 452 g/mol. The molecule has 1 saturated carbocycles. The van der Waals surface area contributed by atoms with E-state index in [1.54, 1.807) is 0 Å². The predicted octanol–water partition coefficient (Wildman–Crippen LogP) is 3.98. The fourth-order valence-electron chi connectivity index (χ4n) is 4.49.